The first-order chi connectivity index (χ1) is 13.2. The zero-order valence-corrected chi connectivity index (χ0v) is 15.2. The normalized spacial score (nSPS) is 10.1. The molecule has 1 amide bonds. The van der Waals surface area contributed by atoms with Crippen molar-refractivity contribution in [2.24, 2.45) is 0 Å². The summed E-state index contributed by atoms with van der Waals surface area (Å²) in [5.41, 5.74) is 2.50. The maximum absolute atomic E-state index is 12.3. The summed E-state index contributed by atoms with van der Waals surface area (Å²) in [6.07, 6.45) is 2.35. The Hall–Kier alpha value is -3.36. The van der Waals surface area contributed by atoms with Gasteiger partial charge in [-0.15, -0.1) is 0 Å². The highest BCUT2D eigenvalue weighted by Crippen LogP contribution is 2.15. The zero-order valence-electron chi connectivity index (χ0n) is 14.4. The lowest BCUT2D eigenvalue weighted by Gasteiger charge is -2.08. The molecule has 0 saturated heterocycles. The third-order valence-corrected chi connectivity index (χ3v) is 4.21. The van der Waals surface area contributed by atoms with Gasteiger partial charge in [-0.2, -0.15) is 5.26 Å². The van der Waals surface area contributed by atoms with E-state index in [-0.39, 0.29) is 5.91 Å². The number of aromatic nitrogens is 1. The van der Waals surface area contributed by atoms with E-state index in [4.69, 9.17) is 16.9 Å². The molecule has 0 unspecified atom stereocenters. The van der Waals surface area contributed by atoms with E-state index < -0.39 is 0 Å². The molecule has 0 radical (unpaired) electrons. The fourth-order valence-electron chi connectivity index (χ4n) is 2.50. The fourth-order valence-corrected chi connectivity index (χ4v) is 2.63. The number of nitrogens with one attached hydrogen (secondary N) is 2. The van der Waals surface area contributed by atoms with Gasteiger partial charge >= 0.3 is 0 Å². The first kappa shape index (κ1) is 18.4. The number of benzene rings is 2. The summed E-state index contributed by atoms with van der Waals surface area (Å²) in [5, 5.41) is 15.8. The van der Waals surface area contributed by atoms with Gasteiger partial charge in [0.05, 0.1) is 16.8 Å². The maximum atomic E-state index is 12.3. The van der Waals surface area contributed by atoms with Crippen molar-refractivity contribution >= 4 is 29.0 Å². The standard InChI is InChI=1S/C21H17ClN4O/c22-18-8-5-15(6-9-18)11-12-24-20-10-7-17(14-25-20)21(27)26-19-4-2-1-3-16(19)13-23/h1-10,14H,11-12H2,(H,24,25)(H,26,27). The van der Waals surface area contributed by atoms with Crippen LogP contribution in [0.1, 0.15) is 21.5 Å². The smallest absolute Gasteiger partial charge is 0.257 e. The third kappa shape index (κ3) is 5.06. The van der Waals surface area contributed by atoms with Gasteiger partial charge in [0.1, 0.15) is 11.9 Å². The van der Waals surface area contributed by atoms with Crippen molar-refractivity contribution in [1.82, 2.24) is 4.98 Å². The van der Waals surface area contributed by atoms with Gasteiger partial charge in [0.2, 0.25) is 0 Å². The van der Waals surface area contributed by atoms with Crippen LogP contribution in [-0.2, 0) is 6.42 Å². The van der Waals surface area contributed by atoms with Crippen molar-refractivity contribution in [2.75, 3.05) is 17.2 Å². The number of rotatable bonds is 6. The Kier molecular flexibility index (Phi) is 6.03. The molecule has 27 heavy (non-hydrogen) atoms. The van der Waals surface area contributed by atoms with Crippen molar-refractivity contribution in [1.29, 1.82) is 5.26 Å². The van der Waals surface area contributed by atoms with E-state index in [1.54, 1.807) is 36.4 Å². The number of carbonyl (C=O) groups excluding carboxylic acids is 1. The van der Waals surface area contributed by atoms with Gasteiger partial charge < -0.3 is 10.6 Å². The van der Waals surface area contributed by atoms with Crippen LogP contribution in [-0.4, -0.2) is 17.4 Å². The summed E-state index contributed by atoms with van der Waals surface area (Å²) >= 11 is 5.88. The van der Waals surface area contributed by atoms with Crippen LogP contribution >= 0.6 is 11.6 Å². The molecule has 0 aliphatic rings. The van der Waals surface area contributed by atoms with E-state index in [2.05, 4.69) is 21.7 Å². The van der Waals surface area contributed by atoms with E-state index in [1.807, 2.05) is 24.3 Å². The number of carbonyl (C=O) groups is 1. The molecule has 0 saturated carbocycles. The van der Waals surface area contributed by atoms with Gasteiger partial charge in [0.15, 0.2) is 0 Å². The van der Waals surface area contributed by atoms with Gasteiger partial charge in [0, 0.05) is 17.8 Å². The van der Waals surface area contributed by atoms with E-state index in [0.717, 1.165) is 18.0 Å². The van der Waals surface area contributed by atoms with Crippen LogP contribution in [0.2, 0.25) is 5.02 Å². The second-order valence-corrected chi connectivity index (χ2v) is 6.28. The van der Waals surface area contributed by atoms with Crippen LogP contribution < -0.4 is 10.6 Å². The minimum absolute atomic E-state index is 0.307. The molecule has 1 heterocycles. The Morgan fingerprint density at radius 3 is 2.56 bits per heavy atom. The summed E-state index contributed by atoms with van der Waals surface area (Å²) in [5.74, 6) is 0.385. The minimum atomic E-state index is -0.307. The highest BCUT2D eigenvalue weighted by molar-refractivity contribution is 6.30. The van der Waals surface area contributed by atoms with Crippen LogP contribution in [0.5, 0.6) is 0 Å². The van der Waals surface area contributed by atoms with Crippen molar-refractivity contribution in [2.45, 2.75) is 6.42 Å². The predicted octanol–water partition coefficient (Wildman–Crippen LogP) is 4.51. The lowest BCUT2D eigenvalue weighted by Crippen LogP contribution is -2.13. The number of amides is 1. The Labute approximate surface area is 162 Å². The first-order valence-electron chi connectivity index (χ1n) is 8.40. The van der Waals surface area contributed by atoms with E-state index in [9.17, 15) is 4.79 Å². The Morgan fingerprint density at radius 1 is 1.07 bits per heavy atom. The summed E-state index contributed by atoms with van der Waals surface area (Å²) in [7, 11) is 0. The molecule has 1 aromatic heterocycles. The molecule has 2 aromatic carbocycles. The molecule has 3 aromatic rings. The van der Waals surface area contributed by atoms with E-state index >= 15 is 0 Å². The Morgan fingerprint density at radius 2 is 1.85 bits per heavy atom. The lowest BCUT2D eigenvalue weighted by atomic mass is 10.1. The van der Waals surface area contributed by atoms with Gasteiger partial charge in [-0.05, 0) is 48.4 Å². The van der Waals surface area contributed by atoms with E-state index in [0.29, 0.717) is 22.6 Å². The number of anilines is 2. The molecular formula is C21H17ClN4O. The second kappa shape index (κ2) is 8.84. The first-order valence-corrected chi connectivity index (χ1v) is 8.78. The number of nitrogens with zero attached hydrogens (tertiary/aromatic N) is 2. The number of pyridine rings is 1. The monoisotopic (exact) mass is 376 g/mol. The molecule has 0 fully saturated rings. The summed E-state index contributed by atoms with van der Waals surface area (Å²) in [6, 6.07) is 20.1. The highest BCUT2D eigenvalue weighted by atomic mass is 35.5. The highest BCUT2D eigenvalue weighted by Gasteiger charge is 2.09. The largest absolute Gasteiger partial charge is 0.370 e. The number of para-hydroxylation sites is 1. The minimum Gasteiger partial charge on any atom is -0.370 e. The van der Waals surface area contributed by atoms with Crippen LogP contribution in [0.4, 0.5) is 11.5 Å². The maximum Gasteiger partial charge on any atom is 0.257 e. The molecule has 5 nitrogen and oxygen atoms in total. The lowest BCUT2D eigenvalue weighted by molar-refractivity contribution is 0.102. The average Bonchev–Trinajstić information content (AvgIpc) is 2.70. The van der Waals surface area contributed by atoms with Crippen molar-refractivity contribution in [3.63, 3.8) is 0 Å². The molecule has 0 aliphatic heterocycles. The Balaban J connectivity index is 1.55. The quantitative estimate of drug-likeness (QED) is 0.663. The molecule has 3 rings (SSSR count). The molecule has 0 atom stereocenters. The molecule has 6 heteroatoms. The topological polar surface area (TPSA) is 77.8 Å². The molecule has 0 spiro atoms. The van der Waals surface area contributed by atoms with Crippen LogP contribution in [0, 0.1) is 11.3 Å². The average molecular weight is 377 g/mol. The molecular weight excluding hydrogens is 360 g/mol. The number of halogens is 1. The summed E-state index contributed by atoms with van der Waals surface area (Å²) < 4.78 is 0. The fraction of sp³-hybridized carbons (Fsp3) is 0.0952. The summed E-state index contributed by atoms with van der Waals surface area (Å²) in [6.45, 7) is 0.718. The number of hydrogen-bond donors (Lipinski definition) is 2. The number of hydrogen-bond acceptors (Lipinski definition) is 4. The van der Waals surface area contributed by atoms with Gasteiger partial charge in [-0.3, -0.25) is 4.79 Å². The zero-order chi connectivity index (χ0) is 19.1. The molecule has 0 aliphatic carbocycles. The number of nitriles is 1. The second-order valence-electron chi connectivity index (χ2n) is 5.85. The Bertz CT molecular complexity index is 963. The molecule has 2 N–H and O–H groups in total. The van der Waals surface area contributed by atoms with E-state index in [1.165, 1.54) is 11.8 Å². The van der Waals surface area contributed by atoms with Crippen LogP contribution in [0.3, 0.4) is 0 Å². The van der Waals surface area contributed by atoms with Crippen LogP contribution in [0.25, 0.3) is 0 Å². The van der Waals surface area contributed by atoms with Gasteiger partial charge in [0.25, 0.3) is 5.91 Å². The molecule has 134 valence electrons. The van der Waals surface area contributed by atoms with Gasteiger partial charge in [-0.25, -0.2) is 4.98 Å². The predicted molar refractivity (Wildman–Crippen MR) is 107 cm³/mol. The van der Waals surface area contributed by atoms with Crippen LogP contribution in [0.15, 0.2) is 66.9 Å². The third-order valence-electron chi connectivity index (χ3n) is 3.95. The summed E-state index contributed by atoms with van der Waals surface area (Å²) in [4.78, 5) is 16.6. The van der Waals surface area contributed by atoms with Crippen molar-refractivity contribution < 1.29 is 4.79 Å². The van der Waals surface area contributed by atoms with Crippen molar-refractivity contribution in [3.8, 4) is 6.07 Å². The SMILES string of the molecule is N#Cc1ccccc1NC(=O)c1ccc(NCCc2ccc(Cl)cc2)nc1. The van der Waals surface area contributed by atoms with Crippen molar-refractivity contribution in [3.05, 3.63) is 88.6 Å². The molecule has 0 bridgehead atoms. The van der Waals surface area contributed by atoms with Gasteiger partial charge in [-0.1, -0.05) is 35.9 Å².